The van der Waals surface area contributed by atoms with Crippen molar-refractivity contribution >= 4 is 11.8 Å². The van der Waals surface area contributed by atoms with E-state index >= 15 is 0 Å². The lowest BCUT2D eigenvalue weighted by atomic mass is 9.81. The molecule has 0 radical (unpaired) electrons. The third-order valence-corrected chi connectivity index (χ3v) is 5.53. The highest BCUT2D eigenvalue weighted by Crippen LogP contribution is 2.51. The summed E-state index contributed by atoms with van der Waals surface area (Å²) in [6.45, 7) is 0. The van der Waals surface area contributed by atoms with Crippen LogP contribution in [-0.4, -0.2) is 22.3 Å². The molecule has 0 aromatic heterocycles. The number of carbonyl (C=O) groups excluding carboxylic acids is 2. The predicted octanol–water partition coefficient (Wildman–Crippen LogP) is 2.27. The Kier molecular flexibility index (Phi) is 2.07. The van der Waals surface area contributed by atoms with Crippen molar-refractivity contribution in [1.29, 1.82) is 0 Å². The van der Waals surface area contributed by atoms with Gasteiger partial charge in [-0.05, 0) is 38.0 Å². The smallest absolute Gasteiger partial charge is 0.233 e. The second kappa shape index (κ2) is 3.46. The number of carbonyl (C=O) groups is 2. The van der Waals surface area contributed by atoms with E-state index in [2.05, 4.69) is 12.2 Å². The van der Waals surface area contributed by atoms with Crippen LogP contribution in [0.2, 0.25) is 0 Å². The topological polar surface area (TPSA) is 37.4 Å². The second-order valence-corrected chi connectivity index (χ2v) is 6.47. The molecular weight excluding hydrogens is 226 g/mol. The van der Waals surface area contributed by atoms with Gasteiger partial charge in [-0.3, -0.25) is 14.5 Å². The summed E-state index contributed by atoms with van der Waals surface area (Å²) in [5.41, 5.74) is -0.226. The first-order valence-corrected chi connectivity index (χ1v) is 7.29. The minimum absolute atomic E-state index is 0.00803. The van der Waals surface area contributed by atoms with Crippen molar-refractivity contribution in [3.63, 3.8) is 0 Å². The summed E-state index contributed by atoms with van der Waals surface area (Å²) in [4.78, 5) is 26.9. The molecule has 4 rings (SSSR count). The zero-order valence-electron chi connectivity index (χ0n) is 10.6. The molecule has 1 aliphatic heterocycles. The standard InChI is InChI=1S/C15H19NO2/c17-13-11-3-1-2-4-12(11)14(18)16(13)15-7-5-10(9-15)6-8-15/h5,7,10-12H,1-4,6,8-9H2. The Labute approximate surface area is 107 Å². The molecule has 2 bridgehead atoms. The molecule has 3 nitrogen and oxygen atoms in total. The van der Waals surface area contributed by atoms with Gasteiger partial charge in [0.25, 0.3) is 0 Å². The monoisotopic (exact) mass is 245 g/mol. The first kappa shape index (κ1) is 10.8. The van der Waals surface area contributed by atoms with Crippen LogP contribution in [0.15, 0.2) is 12.2 Å². The van der Waals surface area contributed by atoms with Crippen LogP contribution in [0.1, 0.15) is 44.9 Å². The molecule has 0 spiro atoms. The van der Waals surface area contributed by atoms with E-state index in [0.717, 1.165) is 44.9 Å². The number of fused-ring (bicyclic) bond motifs is 3. The third-order valence-electron chi connectivity index (χ3n) is 5.53. The minimum Gasteiger partial charge on any atom is -0.274 e. The number of nitrogens with zero attached hydrogens (tertiary/aromatic N) is 1. The van der Waals surface area contributed by atoms with Crippen LogP contribution in [0.25, 0.3) is 0 Å². The van der Waals surface area contributed by atoms with Gasteiger partial charge in [0.05, 0.1) is 17.4 Å². The Bertz CT molecular complexity index is 431. The maximum absolute atomic E-state index is 12.6. The van der Waals surface area contributed by atoms with Gasteiger partial charge in [0.2, 0.25) is 11.8 Å². The summed E-state index contributed by atoms with van der Waals surface area (Å²) in [5.74, 6) is 0.893. The summed E-state index contributed by atoms with van der Waals surface area (Å²) in [6, 6.07) is 0. The Hall–Kier alpha value is -1.12. The molecule has 3 heteroatoms. The molecule has 4 atom stereocenters. The predicted molar refractivity (Wildman–Crippen MR) is 66.5 cm³/mol. The summed E-state index contributed by atoms with van der Waals surface area (Å²) in [7, 11) is 0. The normalized spacial score (nSPS) is 46.0. The van der Waals surface area contributed by atoms with Crippen molar-refractivity contribution in [2.45, 2.75) is 50.5 Å². The summed E-state index contributed by atoms with van der Waals surface area (Å²) in [6.07, 6.45) is 11.6. The second-order valence-electron chi connectivity index (χ2n) is 6.47. The average Bonchev–Trinajstić information content (AvgIpc) is 3.05. The summed E-state index contributed by atoms with van der Waals surface area (Å²) in [5, 5.41) is 0. The molecule has 4 aliphatic rings. The van der Waals surface area contributed by atoms with Gasteiger partial charge in [0.1, 0.15) is 0 Å². The number of imide groups is 1. The first-order chi connectivity index (χ1) is 8.71. The maximum Gasteiger partial charge on any atom is 0.233 e. The fourth-order valence-corrected chi connectivity index (χ4v) is 4.60. The van der Waals surface area contributed by atoms with Gasteiger partial charge in [-0.2, -0.15) is 0 Å². The lowest BCUT2D eigenvalue weighted by Crippen LogP contribution is -2.48. The molecule has 1 heterocycles. The highest BCUT2D eigenvalue weighted by atomic mass is 16.2. The SMILES string of the molecule is O=C1C2CCCCC2C(=O)N1C12C=CC(CC1)C2. The summed E-state index contributed by atoms with van der Waals surface area (Å²) < 4.78 is 0. The highest BCUT2D eigenvalue weighted by molar-refractivity contribution is 6.06. The van der Waals surface area contributed by atoms with Crippen molar-refractivity contribution in [3.8, 4) is 0 Å². The van der Waals surface area contributed by atoms with Crippen molar-refractivity contribution in [1.82, 2.24) is 4.90 Å². The minimum atomic E-state index is -0.226. The molecule has 3 fully saturated rings. The number of allylic oxidation sites excluding steroid dienone is 1. The van der Waals surface area contributed by atoms with Gasteiger partial charge in [0.15, 0.2) is 0 Å². The Morgan fingerprint density at radius 1 is 1.06 bits per heavy atom. The van der Waals surface area contributed by atoms with Crippen molar-refractivity contribution in [3.05, 3.63) is 12.2 Å². The molecule has 0 N–H and O–H groups in total. The van der Waals surface area contributed by atoms with E-state index in [0.29, 0.717) is 5.92 Å². The van der Waals surface area contributed by atoms with Crippen LogP contribution in [0.3, 0.4) is 0 Å². The molecule has 1 saturated heterocycles. The van der Waals surface area contributed by atoms with Gasteiger partial charge in [-0.15, -0.1) is 0 Å². The zero-order valence-corrected chi connectivity index (χ0v) is 10.6. The van der Waals surface area contributed by atoms with Crippen molar-refractivity contribution in [2.24, 2.45) is 17.8 Å². The average molecular weight is 245 g/mol. The summed E-state index contributed by atoms with van der Waals surface area (Å²) >= 11 is 0. The molecule has 0 aromatic rings. The molecule has 2 amide bonds. The number of amides is 2. The van der Waals surface area contributed by atoms with E-state index in [1.54, 1.807) is 4.90 Å². The van der Waals surface area contributed by atoms with E-state index in [1.807, 2.05) is 0 Å². The van der Waals surface area contributed by atoms with Crippen molar-refractivity contribution in [2.75, 3.05) is 0 Å². The van der Waals surface area contributed by atoms with Crippen LogP contribution < -0.4 is 0 Å². The van der Waals surface area contributed by atoms with E-state index in [9.17, 15) is 9.59 Å². The maximum atomic E-state index is 12.6. The van der Waals surface area contributed by atoms with Gasteiger partial charge in [-0.1, -0.05) is 25.0 Å². The molecule has 3 aliphatic carbocycles. The Balaban J connectivity index is 1.71. The number of rotatable bonds is 1. The molecule has 2 saturated carbocycles. The number of likely N-dealkylation sites (tertiary alicyclic amines) is 1. The van der Waals surface area contributed by atoms with Crippen molar-refractivity contribution < 1.29 is 9.59 Å². The fourth-order valence-electron chi connectivity index (χ4n) is 4.60. The zero-order chi connectivity index (χ0) is 12.3. The lowest BCUT2D eigenvalue weighted by molar-refractivity contribution is -0.145. The quantitative estimate of drug-likeness (QED) is 0.525. The van der Waals surface area contributed by atoms with Gasteiger partial charge >= 0.3 is 0 Å². The van der Waals surface area contributed by atoms with Gasteiger partial charge in [-0.25, -0.2) is 0 Å². The molecule has 18 heavy (non-hydrogen) atoms. The highest BCUT2D eigenvalue weighted by Gasteiger charge is 2.57. The number of hydrogen-bond donors (Lipinski definition) is 0. The van der Waals surface area contributed by atoms with E-state index in [4.69, 9.17) is 0 Å². The fraction of sp³-hybridized carbons (Fsp3) is 0.733. The van der Waals surface area contributed by atoms with Gasteiger partial charge < -0.3 is 0 Å². The van der Waals surface area contributed by atoms with Gasteiger partial charge in [0, 0.05) is 0 Å². The van der Waals surface area contributed by atoms with Crippen LogP contribution in [0.5, 0.6) is 0 Å². The van der Waals surface area contributed by atoms with E-state index in [1.165, 1.54) is 0 Å². The van der Waals surface area contributed by atoms with E-state index < -0.39 is 0 Å². The van der Waals surface area contributed by atoms with Crippen LogP contribution in [0, 0.1) is 17.8 Å². The Morgan fingerprint density at radius 3 is 2.17 bits per heavy atom. The molecule has 4 unspecified atom stereocenters. The Morgan fingerprint density at radius 2 is 1.72 bits per heavy atom. The number of hydrogen-bond acceptors (Lipinski definition) is 2. The largest absolute Gasteiger partial charge is 0.274 e. The first-order valence-electron chi connectivity index (χ1n) is 7.29. The third kappa shape index (κ3) is 1.20. The van der Waals surface area contributed by atoms with Crippen LogP contribution in [0.4, 0.5) is 0 Å². The molecule has 96 valence electrons. The molecule has 0 aromatic carbocycles. The molecular formula is C15H19NO2. The van der Waals surface area contributed by atoms with Crippen LogP contribution >= 0.6 is 0 Å². The van der Waals surface area contributed by atoms with E-state index in [-0.39, 0.29) is 29.2 Å². The van der Waals surface area contributed by atoms with Crippen LogP contribution in [-0.2, 0) is 9.59 Å². The lowest BCUT2D eigenvalue weighted by Gasteiger charge is -2.33.